The van der Waals surface area contributed by atoms with Gasteiger partial charge in [0.15, 0.2) is 5.65 Å². The van der Waals surface area contributed by atoms with Crippen LogP contribution in [0.25, 0.3) is 22.6 Å². The second-order valence-corrected chi connectivity index (χ2v) is 4.24. The number of primary amides is 1. The van der Waals surface area contributed by atoms with E-state index < -0.39 is 5.91 Å². The van der Waals surface area contributed by atoms with E-state index in [2.05, 4.69) is 15.0 Å². The predicted octanol–water partition coefficient (Wildman–Crippen LogP) is 2.15. The van der Waals surface area contributed by atoms with E-state index in [-0.39, 0.29) is 12.4 Å². The maximum atomic E-state index is 11.2. The number of hydrogen-bond acceptors (Lipinski definition) is 4. The number of hydrogen-bond donors (Lipinski definition) is 2. The van der Waals surface area contributed by atoms with Gasteiger partial charge in [0.1, 0.15) is 11.6 Å². The number of ether oxygens (including phenoxy) is 1. The summed E-state index contributed by atoms with van der Waals surface area (Å²) in [5, 5.41) is 0. The quantitative estimate of drug-likeness (QED) is 0.775. The van der Waals surface area contributed by atoms with Crippen LogP contribution >= 0.6 is 12.4 Å². The van der Waals surface area contributed by atoms with E-state index >= 15 is 0 Å². The molecule has 0 bridgehead atoms. The number of nitrogens with one attached hydrogen (secondary N) is 1. The highest BCUT2D eigenvalue weighted by Gasteiger charge is 2.13. The molecular weight excluding hydrogens is 292 g/mol. The summed E-state index contributed by atoms with van der Waals surface area (Å²) in [5.41, 5.74) is 7.86. The molecule has 0 unspecified atom stereocenters. The fourth-order valence-corrected chi connectivity index (χ4v) is 2.01. The van der Waals surface area contributed by atoms with Crippen molar-refractivity contribution in [1.29, 1.82) is 0 Å². The molecule has 7 heteroatoms. The third-order valence-corrected chi connectivity index (χ3v) is 3.00. The number of nitrogens with two attached hydrogens (primary N) is 1. The lowest BCUT2D eigenvalue weighted by Crippen LogP contribution is -2.11. The number of amides is 1. The first-order valence-electron chi connectivity index (χ1n) is 5.98. The predicted molar refractivity (Wildman–Crippen MR) is 81.6 cm³/mol. The molecule has 0 atom stereocenters. The summed E-state index contributed by atoms with van der Waals surface area (Å²) >= 11 is 0. The van der Waals surface area contributed by atoms with Crippen LogP contribution in [0.1, 0.15) is 10.4 Å². The monoisotopic (exact) mass is 304 g/mol. The topological polar surface area (TPSA) is 93.9 Å². The highest BCUT2D eigenvalue weighted by molar-refractivity contribution is 5.94. The largest absolute Gasteiger partial charge is 0.496 e. The van der Waals surface area contributed by atoms with Crippen molar-refractivity contribution in [2.45, 2.75) is 0 Å². The minimum atomic E-state index is -0.499. The van der Waals surface area contributed by atoms with Crippen LogP contribution < -0.4 is 10.5 Å². The molecule has 1 aromatic carbocycles. The van der Waals surface area contributed by atoms with Gasteiger partial charge in [-0.15, -0.1) is 12.4 Å². The summed E-state index contributed by atoms with van der Waals surface area (Å²) in [7, 11) is 1.53. The van der Waals surface area contributed by atoms with Crippen molar-refractivity contribution in [3.8, 4) is 17.1 Å². The summed E-state index contributed by atoms with van der Waals surface area (Å²) in [4.78, 5) is 22.9. The van der Waals surface area contributed by atoms with Gasteiger partial charge in [-0.3, -0.25) is 4.79 Å². The molecule has 2 aromatic heterocycles. The van der Waals surface area contributed by atoms with E-state index in [9.17, 15) is 4.79 Å². The van der Waals surface area contributed by atoms with Crippen molar-refractivity contribution in [3.63, 3.8) is 0 Å². The molecule has 2 heterocycles. The standard InChI is InChI=1S/C14H12N4O2.ClH/c1-20-11-7-8(12(15)19)4-5-9(11)13-17-10-3-2-6-16-14(10)18-13;/h2-7H,1H3,(H2,15,19)(H,16,17,18);1H. The van der Waals surface area contributed by atoms with Gasteiger partial charge in [-0.25, -0.2) is 9.97 Å². The Kier molecular flexibility index (Phi) is 4.09. The summed E-state index contributed by atoms with van der Waals surface area (Å²) in [6.45, 7) is 0. The molecule has 0 saturated carbocycles. The Labute approximate surface area is 126 Å². The first kappa shape index (κ1) is 14.8. The van der Waals surface area contributed by atoms with Crippen molar-refractivity contribution in [3.05, 3.63) is 42.1 Å². The molecule has 6 nitrogen and oxygen atoms in total. The average Bonchev–Trinajstić information content (AvgIpc) is 2.90. The van der Waals surface area contributed by atoms with E-state index in [4.69, 9.17) is 10.5 Å². The zero-order valence-electron chi connectivity index (χ0n) is 11.2. The number of imidazole rings is 1. The Morgan fingerprint density at radius 3 is 2.81 bits per heavy atom. The number of carbonyl (C=O) groups excluding carboxylic acids is 1. The van der Waals surface area contributed by atoms with Crippen molar-refractivity contribution < 1.29 is 9.53 Å². The van der Waals surface area contributed by atoms with Crippen LogP contribution in [-0.4, -0.2) is 28.0 Å². The minimum absolute atomic E-state index is 0. The Bertz CT molecular complexity index is 768. The van der Waals surface area contributed by atoms with Crippen LogP contribution in [0, 0.1) is 0 Å². The summed E-state index contributed by atoms with van der Waals surface area (Å²) in [5.74, 6) is 0.660. The molecule has 0 saturated heterocycles. The maximum absolute atomic E-state index is 11.2. The van der Waals surface area contributed by atoms with Gasteiger partial charge >= 0.3 is 0 Å². The van der Waals surface area contributed by atoms with Gasteiger partial charge in [-0.1, -0.05) is 0 Å². The summed E-state index contributed by atoms with van der Waals surface area (Å²) < 4.78 is 5.30. The molecule has 0 fully saturated rings. The Morgan fingerprint density at radius 2 is 2.14 bits per heavy atom. The first-order valence-corrected chi connectivity index (χ1v) is 5.98. The van der Waals surface area contributed by atoms with E-state index in [0.717, 1.165) is 11.1 Å². The molecule has 0 aliphatic carbocycles. The van der Waals surface area contributed by atoms with Gasteiger partial charge in [-0.2, -0.15) is 0 Å². The van der Waals surface area contributed by atoms with Crippen molar-refractivity contribution in [2.75, 3.05) is 7.11 Å². The lowest BCUT2D eigenvalue weighted by atomic mass is 10.1. The minimum Gasteiger partial charge on any atom is -0.496 e. The lowest BCUT2D eigenvalue weighted by Gasteiger charge is -2.07. The zero-order valence-corrected chi connectivity index (χ0v) is 12.0. The molecule has 3 aromatic rings. The number of aromatic nitrogens is 3. The first-order chi connectivity index (χ1) is 9.69. The van der Waals surface area contributed by atoms with Crippen molar-refractivity contribution in [1.82, 2.24) is 15.0 Å². The fraction of sp³-hybridized carbons (Fsp3) is 0.0714. The number of pyridine rings is 1. The average molecular weight is 305 g/mol. The number of H-pyrrole nitrogens is 1. The maximum Gasteiger partial charge on any atom is 0.248 e. The zero-order chi connectivity index (χ0) is 14.1. The van der Waals surface area contributed by atoms with Crippen molar-refractivity contribution >= 4 is 29.5 Å². The highest BCUT2D eigenvalue weighted by Crippen LogP contribution is 2.29. The molecule has 0 aliphatic rings. The number of nitrogens with zero attached hydrogens (tertiary/aromatic N) is 2. The molecule has 3 rings (SSSR count). The van der Waals surface area contributed by atoms with E-state index in [1.807, 2.05) is 12.1 Å². The lowest BCUT2D eigenvalue weighted by molar-refractivity contribution is 0.1000. The van der Waals surface area contributed by atoms with Gasteiger partial charge in [0.25, 0.3) is 0 Å². The number of fused-ring (bicyclic) bond motifs is 1. The van der Waals surface area contributed by atoms with Crippen LogP contribution in [-0.2, 0) is 0 Å². The second kappa shape index (κ2) is 5.80. The Balaban J connectivity index is 0.00000161. The van der Waals surface area contributed by atoms with Gasteiger partial charge in [0, 0.05) is 11.8 Å². The van der Waals surface area contributed by atoms with Gasteiger partial charge in [-0.05, 0) is 30.3 Å². The summed E-state index contributed by atoms with van der Waals surface area (Å²) in [6.07, 6.45) is 1.68. The van der Waals surface area contributed by atoms with Crippen molar-refractivity contribution in [2.24, 2.45) is 5.73 Å². The molecule has 1 amide bonds. The number of benzene rings is 1. The third kappa shape index (κ3) is 2.66. The molecule has 0 aliphatic heterocycles. The van der Waals surface area contributed by atoms with Crippen LogP contribution in [0.4, 0.5) is 0 Å². The van der Waals surface area contributed by atoms with Gasteiger partial charge < -0.3 is 15.5 Å². The van der Waals surface area contributed by atoms with E-state index in [0.29, 0.717) is 22.8 Å². The third-order valence-electron chi connectivity index (χ3n) is 3.00. The van der Waals surface area contributed by atoms with Gasteiger partial charge in [0.05, 0.1) is 18.2 Å². The van der Waals surface area contributed by atoms with E-state index in [1.165, 1.54) is 7.11 Å². The number of aromatic amines is 1. The fourth-order valence-electron chi connectivity index (χ4n) is 2.01. The van der Waals surface area contributed by atoms with Crippen LogP contribution in [0.15, 0.2) is 36.5 Å². The Morgan fingerprint density at radius 1 is 1.33 bits per heavy atom. The SMILES string of the molecule is COc1cc(C(N)=O)ccc1-c1nc2ncccc2[nH]1.Cl. The van der Waals surface area contributed by atoms with Crippen LogP contribution in [0.2, 0.25) is 0 Å². The van der Waals surface area contributed by atoms with E-state index in [1.54, 1.807) is 24.4 Å². The molecule has 0 spiro atoms. The normalized spacial score (nSPS) is 10.1. The smallest absolute Gasteiger partial charge is 0.248 e. The van der Waals surface area contributed by atoms with Gasteiger partial charge in [0.2, 0.25) is 5.91 Å². The summed E-state index contributed by atoms with van der Waals surface area (Å²) in [6, 6.07) is 8.70. The number of methoxy groups -OCH3 is 1. The molecular formula is C14H13ClN4O2. The van der Waals surface area contributed by atoms with Crippen LogP contribution in [0.5, 0.6) is 5.75 Å². The highest BCUT2D eigenvalue weighted by atomic mass is 35.5. The Hall–Kier alpha value is -2.60. The molecule has 0 radical (unpaired) electrons. The molecule has 21 heavy (non-hydrogen) atoms. The second-order valence-electron chi connectivity index (χ2n) is 4.24. The molecule has 108 valence electrons. The number of carbonyl (C=O) groups is 1. The van der Waals surface area contributed by atoms with Crippen LogP contribution in [0.3, 0.4) is 0 Å². The number of halogens is 1. The number of rotatable bonds is 3. The molecule has 3 N–H and O–H groups in total.